The lowest BCUT2D eigenvalue weighted by atomic mass is 9.83. The molecule has 18 heavy (non-hydrogen) atoms. The van der Waals surface area contributed by atoms with E-state index >= 15 is 0 Å². The van der Waals surface area contributed by atoms with Gasteiger partial charge in [-0.15, -0.1) is 0 Å². The second-order valence-electron chi connectivity index (χ2n) is 5.15. The molecule has 5 heteroatoms. The van der Waals surface area contributed by atoms with Crippen molar-refractivity contribution in [3.8, 4) is 5.75 Å². The number of benzene rings is 1. The molecule has 1 heterocycles. The van der Waals surface area contributed by atoms with E-state index in [2.05, 4.69) is 0 Å². The first kappa shape index (κ1) is 12.5. The third-order valence-corrected chi connectivity index (χ3v) is 4.56. The lowest BCUT2D eigenvalue weighted by Crippen LogP contribution is -2.56. The lowest BCUT2D eigenvalue weighted by molar-refractivity contribution is -0.0314. The summed E-state index contributed by atoms with van der Waals surface area (Å²) in [5.74, 6) is 0.539. The number of halogens is 2. The lowest BCUT2D eigenvalue weighted by Gasteiger charge is -2.43. The van der Waals surface area contributed by atoms with Gasteiger partial charge in [0.2, 0.25) is 0 Å². The predicted octanol–water partition coefficient (Wildman–Crippen LogP) is 3.06. The van der Waals surface area contributed by atoms with Crippen LogP contribution in [0.25, 0.3) is 0 Å². The average Bonchev–Trinajstić information content (AvgIpc) is 2.78. The maximum Gasteiger partial charge on any atom is 0.144 e. The second-order valence-corrected chi connectivity index (χ2v) is 5.99. The maximum absolute atomic E-state index is 10.4. The zero-order valence-electron chi connectivity index (χ0n) is 9.83. The Labute approximate surface area is 116 Å². The minimum absolute atomic E-state index is 0.429. The van der Waals surface area contributed by atoms with Gasteiger partial charge in [0.15, 0.2) is 0 Å². The molecule has 0 bridgehead atoms. The normalized spacial score (nSPS) is 29.1. The highest BCUT2D eigenvalue weighted by Crippen LogP contribution is 2.49. The SMILES string of the molecule is NC1C(O)c2cc(Cl)cc(Cl)c2OC12CCCC2. The van der Waals surface area contributed by atoms with Crippen LogP contribution in [0.3, 0.4) is 0 Å². The number of aliphatic hydroxyl groups is 1. The highest BCUT2D eigenvalue weighted by Gasteiger charge is 2.49. The maximum atomic E-state index is 10.4. The van der Waals surface area contributed by atoms with Crippen molar-refractivity contribution < 1.29 is 9.84 Å². The second kappa shape index (κ2) is 4.27. The Morgan fingerprint density at radius 1 is 1.28 bits per heavy atom. The molecule has 1 aromatic rings. The zero-order chi connectivity index (χ0) is 12.9. The van der Waals surface area contributed by atoms with Crippen LogP contribution in [0.2, 0.25) is 10.0 Å². The summed E-state index contributed by atoms with van der Waals surface area (Å²) in [7, 11) is 0. The molecule has 3 N–H and O–H groups in total. The van der Waals surface area contributed by atoms with Crippen molar-refractivity contribution in [2.75, 3.05) is 0 Å². The molecule has 1 aromatic carbocycles. The molecule has 3 rings (SSSR count). The number of nitrogens with two attached hydrogens (primary N) is 1. The Morgan fingerprint density at radius 2 is 1.94 bits per heavy atom. The van der Waals surface area contributed by atoms with Gasteiger partial charge in [0.1, 0.15) is 17.5 Å². The van der Waals surface area contributed by atoms with Gasteiger partial charge in [-0.25, -0.2) is 0 Å². The highest BCUT2D eigenvalue weighted by atomic mass is 35.5. The van der Waals surface area contributed by atoms with Crippen LogP contribution in [0.4, 0.5) is 0 Å². The molecule has 1 spiro atoms. The van der Waals surface area contributed by atoms with Gasteiger partial charge in [-0.2, -0.15) is 0 Å². The van der Waals surface area contributed by atoms with Crippen molar-refractivity contribution in [3.05, 3.63) is 27.7 Å². The first-order valence-electron chi connectivity index (χ1n) is 6.15. The largest absolute Gasteiger partial charge is 0.484 e. The quantitative estimate of drug-likeness (QED) is 0.771. The van der Waals surface area contributed by atoms with Crippen LogP contribution < -0.4 is 10.5 Å². The fraction of sp³-hybridized carbons (Fsp3) is 0.538. The summed E-state index contributed by atoms with van der Waals surface area (Å²) in [6, 6.07) is 2.88. The highest BCUT2D eigenvalue weighted by molar-refractivity contribution is 6.35. The van der Waals surface area contributed by atoms with Crippen LogP contribution >= 0.6 is 23.2 Å². The topological polar surface area (TPSA) is 55.5 Å². The fourth-order valence-electron chi connectivity index (χ4n) is 3.07. The summed E-state index contributed by atoms with van der Waals surface area (Å²) in [4.78, 5) is 0. The Hall–Kier alpha value is -0.480. The first-order chi connectivity index (χ1) is 8.53. The van der Waals surface area contributed by atoms with E-state index in [1.54, 1.807) is 12.1 Å². The summed E-state index contributed by atoms with van der Waals surface area (Å²) < 4.78 is 6.07. The summed E-state index contributed by atoms with van der Waals surface area (Å²) in [5, 5.41) is 11.3. The van der Waals surface area contributed by atoms with Crippen LogP contribution in [-0.2, 0) is 0 Å². The molecule has 1 aliphatic carbocycles. The van der Waals surface area contributed by atoms with E-state index in [0.29, 0.717) is 21.4 Å². The molecule has 1 aliphatic heterocycles. The predicted molar refractivity (Wildman–Crippen MR) is 71.2 cm³/mol. The van der Waals surface area contributed by atoms with Crippen molar-refractivity contribution in [1.82, 2.24) is 0 Å². The molecular weight excluding hydrogens is 273 g/mol. The van der Waals surface area contributed by atoms with E-state index in [9.17, 15) is 5.11 Å². The molecule has 0 saturated heterocycles. The van der Waals surface area contributed by atoms with Crippen LogP contribution in [0.1, 0.15) is 37.4 Å². The van der Waals surface area contributed by atoms with E-state index in [4.69, 9.17) is 33.7 Å². The molecule has 98 valence electrons. The summed E-state index contributed by atoms with van der Waals surface area (Å²) in [5.41, 5.74) is 6.30. The fourth-order valence-corrected chi connectivity index (χ4v) is 3.62. The third kappa shape index (κ3) is 1.73. The van der Waals surface area contributed by atoms with Crippen molar-refractivity contribution in [2.24, 2.45) is 5.73 Å². The molecule has 2 unspecified atom stereocenters. The molecule has 1 saturated carbocycles. The van der Waals surface area contributed by atoms with E-state index < -0.39 is 17.7 Å². The number of hydrogen-bond donors (Lipinski definition) is 2. The standard InChI is InChI=1S/C13H15Cl2NO2/c14-7-5-8-10(17)12(16)13(3-1-2-4-13)18-11(8)9(15)6-7/h5-6,10,12,17H,1-4,16H2. The van der Waals surface area contributed by atoms with Crippen LogP contribution in [0.15, 0.2) is 12.1 Å². The molecule has 1 fully saturated rings. The van der Waals surface area contributed by atoms with Gasteiger partial charge in [-0.05, 0) is 37.8 Å². The van der Waals surface area contributed by atoms with E-state index in [1.807, 2.05) is 0 Å². The molecular formula is C13H15Cl2NO2. The number of aliphatic hydroxyl groups excluding tert-OH is 1. The van der Waals surface area contributed by atoms with Gasteiger partial charge in [-0.3, -0.25) is 0 Å². The Morgan fingerprint density at radius 3 is 2.61 bits per heavy atom. The minimum atomic E-state index is -0.775. The Bertz CT molecular complexity index is 486. The van der Waals surface area contributed by atoms with E-state index in [0.717, 1.165) is 25.7 Å². The Kier molecular flexibility index (Phi) is 2.98. The molecule has 0 aromatic heterocycles. The van der Waals surface area contributed by atoms with Gasteiger partial charge in [0, 0.05) is 10.6 Å². The number of fused-ring (bicyclic) bond motifs is 1. The molecule has 2 aliphatic rings. The summed E-state index contributed by atoms with van der Waals surface area (Å²) in [6.07, 6.45) is 3.10. The number of rotatable bonds is 0. The smallest absolute Gasteiger partial charge is 0.144 e. The molecule has 2 atom stereocenters. The van der Waals surface area contributed by atoms with Crippen molar-refractivity contribution in [1.29, 1.82) is 0 Å². The molecule has 0 amide bonds. The van der Waals surface area contributed by atoms with E-state index in [-0.39, 0.29) is 0 Å². The van der Waals surface area contributed by atoms with Gasteiger partial charge >= 0.3 is 0 Å². The molecule has 0 radical (unpaired) electrons. The molecule has 3 nitrogen and oxygen atoms in total. The van der Waals surface area contributed by atoms with Gasteiger partial charge in [0.05, 0.1) is 11.1 Å². The van der Waals surface area contributed by atoms with Crippen LogP contribution in [0.5, 0.6) is 5.75 Å². The van der Waals surface area contributed by atoms with Crippen LogP contribution in [-0.4, -0.2) is 16.7 Å². The average molecular weight is 288 g/mol. The minimum Gasteiger partial charge on any atom is -0.484 e. The van der Waals surface area contributed by atoms with Crippen molar-refractivity contribution >= 4 is 23.2 Å². The third-order valence-electron chi connectivity index (χ3n) is 4.06. The van der Waals surface area contributed by atoms with Gasteiger partial charge in [0.25, 0.3) is 0 Å². The Balaban J connectivity index is 2.11. The van der Waals surface area contributed by atoms with E-state index in [1.165, 1.54) is 0 Å². The summed E-state index contributed by atoms with van der Waals surface area (Å²) in [6.45, 7) is 0. The first-order valence-corrected chi connectivity index (χ1v) is 6.91. The summed E-state index contributed by atoms with van der Waals surface area (Å²) >= 11 is 12.1. The number of ether oxygens (including phenoxy) is 1. The monoisotopic (exact) mass is 287 g/mol. The zero-order valence-corrected chi connectivity index (χ0v) is 11.3. The van der Waals surface area contributed by atoms with Crippen LogP contribution in [0, 0.1) is 0 Å². The van der Waals surface area contributed by atoms with Gasteiger partial charge in [-0.1, -0.05) is 23.2 Å². The van der Waals surface area contributed by atoms with Gasteiger partial charge < -0.3 is 15.6 Å². The number of hydrogen-bond acceptors (Lipinski definition) is 3. The van der Waals surface area contributed by atoms with Crippen molar-refractivity contribution in [2.45, 2.75) is 43.4 Å². The van der Waals surface area contributed by atoms with Crippen molar-refractivity contribution in [3.63, 3.8) is 0 Å².